The van der Waals surface area contributed by atoms with Crippen LogP contribution in [0.1, 0.15) is 39.8 Å². The number of H-pyrrole nitrogens is 1. The number of ether oxygens (including phenoxy) is 1. The van der Waals surface area contributed by atoms with Gasteiger partial charge in [-0.05, 0) is 12.0 Å². The molecule has 1 unspecified atom stereocenters. The number of aromatic amines is 1. The first-order valence-corrected chi connectivity index (χ1v) is 8.76. The highest BCUT2D eigenvalue weighted by molar-refractivity contribution is 5.94. The molecule has 7 heteroatoms. The lowest BCUT2D eigenvalue weighted by molar-refractivity contribution is 0.0907. The number of hydrogen-bond donors (Lipinski definition) is 2. The molecule has 134 valence electrons. The van der Waals surface area contributed by atoms with Crippen LogP contribution in [0.2, 0.25) is 0 Å². The van der Waals surface area contributed by atoms with E-state index in [4.69, 9.17) is 4.74 Å². The van der Waals surface area contributed by atoms with Gasteiger partial charge in [-0.2, -0.15) is 5.10 Å². The Bertz CT molecular complexity index is 857. The summed E-state index contributed by atoms with van der Waals surface area (Å²) in [6.07, 6.45) is 6.98. The molecule has 1 atom stereocenters. The third-order valence-electron chi connectivity index (χ3n) is 4.65. The molecule has 1 aliphatic rings. The smallest absolute Gasteiger partial charge is 0.272 e. The van der Waals surface area contributed by atoms with Crippen molar-refractivity contribution in [3.05, 3.63) is 71.6 Å². The number of aryl methyl sites for hydroxylation is 1. The number of carbonyl (C=O) groups excluding carboxylic acids is 1. The summed E-state index contributed by atoms with van der Waals surface area (Å²) in [5.41, 5.74) is 3.37. The largest absolute Gasteiger partial charge is 0.376 e. The molecule has 0 saturated heterocycles. The third kappa shape index (κ3) is 3.52. The van der Waals surface area contributed by atoms with Gasteiger partial charge in [0.05, 0.1) is 25.6 Å². The van der Waals surface area contributed by atoms with Crippen molar-refractivity contribution >= 4 is 5.91 Å². The van der Waals surface area contributed by atoms with E-state index in [0.29, 0.717) is 18.9 Å². The molecule has 4 rings (SSSR count). The molecule has 1 aromatic carbocycles. The molecule has 3 aromatic rings. The molecular formula is C19H21N5O2. The van der Waals surface area contributed by atoms with Crippen LogP contribution in [-0.4, -0.2) is 32.3 Å². The topological polar surface area (TPSA) is 84.8 Å². The van der Waals surface area contributed by atoms with E-state index in [1.54, 1.807) is 12.5 Å². The van der Waals surface area contributed by atoms with Crippen molar-refractivity contribution in [2.75, 3.05) is 6.61 Å². The number of fused-ring (bicyclic) bond motifs is 1. The molecule has 0 bridgehead atoms. The second-order valence-electron chi connectivity index (χ2n) is 6.36. The van der Waals surface area contributed by atoms with Gasteiger partial charge in [-0.25, -0.2) is 4.98 Å². The van der Waals surface area contributed by atoms with E-state index in [2.05, 4.69) is 20.5 Å². The fourth-order valence-corrected chi connectivity index (χ4v) is 3.23. The molecule has 26 heavy (non-hydrogen) atoms. The van der Waals surface area contributed by atoms with Crippen LogP contribution in [0.15, 0.2) is 49.1 Å². The van der Waals surface area contributed by atoms with Gasteiger partial charge >= 0.3 is 0 Å². The second-order valence-corrected chi connectivity index (χ2v) is 6.36. The summed E-state index contributed by atoms with van der Waals surface area (Å²) in [4.78, 5) is 16.9. The Morgan fingerprint density at radius 1 is 1.35 bits per heavy atom. The number of benzene rings is 1. The maximum Gasteiger partial charge on any atom is 0.272 e. The maximum atomic E-state index is 12.9. The van der Waals surface area contributed by atoms with Crippen LogP contribution >= 0.6 is 0 Å². The minimum Gasteiger partial charge on any atom is -0.376 e. The Labute approximate surface area is 151 Å². The van der Waals surface area contributed by atoms with E-state index in [9.17, 15) is 4.79 Å². The fourth-order valence-electron chi connectivity index (χ4n) is 3.23. The highest BCUT2D eigenvalue weighted by Gasteiger charge is 2.24. The van der Waals surface area contributed by atoms with Gasteiger partial charge in [0.25, 0.3) is 5.91 Å². The SMILES string of the molecule is O=C(NC(CCn1ccnc1)c1ccccc1)c1n[nH]c2c1COCC2. The highest BCUT2D eigenvalue weighted by atomic mass is 16.5. The van der Waals surface area contributed by atoms with Gasteiger partial charge in [-0.1, -0.05) is 30.3 Å². The fraction of sp³-hybridized carbons (Fsp3) is 0.316. The van der Waals surface area contributed by atoms with Crippen molar-refractivity contribution in [1.29, 1.82) is 0 Å². The van der Waals surface area contributed by atoms with Gasteiger partial charge in [0.1, 0.15) is 0 Å². The lowest BCUT2D eigenvalue weighted by atomic mass is 10.0. The van der Waals surface area contributed by atoms with Crippen molar-refractivity contribution in [1.82, 2.24) is 25.1 Å². The van der Waals surface area contributed by atoms with E-state index >= 15 is 0 Å². The summed E-state index contributed by atoms with van der Waals surface area (Å²) < 4.78 is 7.49. The number of aromatic nitrogens is 4. The number of amides is 1. The Morgan fingerprint density at radius 2 is 2.23 bits per heavy atom. The lowest BCUT2D eigenvalue weighted by Gasteiger charge is -2.20. The zero-order valence-electron chi connectivity index (χ0n) is 14.4. The average molecular weight is 351 g/mol. The Hall–Kier alpha value is -2.93. The summed E-state index contributed by atoms with van der Waals surface area (Å²) in [6, 6.07) is 9.89. The molecule has 0 aliphatic carbocycles. The van der Waals surface area contributed by atoms with Crippen LogP contribution in [0.4, 0.5) is 0 Å². The van der Waals surface area contributed by atoms with Crippen molar-refractivity contribution in [2.45, 2.75) is 32.0 Å². The molecule has 0 fully saturated rings. The summed E-state index contributed by atoms with van der Waals surface area (Å²) in [5, 5.41) is 10.3. The van der Waals surface area contributed by atoms with Crippen molar-refractivity contribution in [3.63, 3.8) is 0 Å². The van der Waals surface area contributed by atoms with Gasteiger partial charge in [0.15, 0.2) is 5.69 Å². The second kappa shape index (κ2) is 7.53. The molecule has 3 heterocycles. The minimum atomic E-state index is -0.174. The molecule has 0 saturated carbocycles. The van der Waals surface area contributed by atoms with Crippen molar-refractivity contribution in [2.24, 2.45) is 0 Å². The van der Waals surface area contributed by atoms with Crippen molar-refractivity contribution in [3.8, 4) is 0 Å². The highest BCUT2D eigenvalue weighted by Crippen LogP contribution is 2.21. The van der Waals surface area contributed by atoms with E-state index in [-0.39, 0.29) is 11.9 Å². The molecule has 0 spiro atoms. The van der Waals surface area contributed by atoms with Crippen LogP contribution in [0.25, 0.3) is 0 Å². The first-order chi connectivity index (χ1) is 12.8. The molecule has 7 nitrogen and oxygen atoms in total. The third-order valence-corrected chi connectivity index (χ3v) is 4.65. The number of nitrogens with zero attached hydrogens (tertiary/aromatic N) is 3. The predicted octanol–water partition coefficient (Wildman–Crippen LogP) is 2.24. The minimum absolute atomic E-state index is 0.108. The number of nitrogens with one attached hydrogen (secondary N) is 2. The maximum absolute atomic E-state index is 12.9. The summed E-state index contributed by atoms with van der Waals surface area (Å²) in [6.45, 7) is 1.86. The Morgan fingerprint density at radius 3 is 3.04 bits per heavy atom. The van der Waals surface area contributed by atoms with Gasteiger partial charge in [-0.3, -0.25) is 9.89 Å². The van der Waals surface area contributed by atoms with E-state index < -0.39 is 0 Å². The zero-order chi connectivity index (χ0) is 17.8. The van der Waals surface area contributed by atoms with Crippen LogP contribution in [0.3, 0.4) is 0 Å². The molecule has 1 amide bonds. The first-order valence-electron chi connectivity index (χ1n) is 8.76. The standard InChI is InChI=1S/C19H21N5O2/c25-19(18-15-12-26-11-7-17(15)22-23-18)21-16(14-4-2-1-3-5-14)6-9-24-10-8-20-13-24/h1-5,8,10,13,16H,6-7,9,11-12H2,(H,21,25)(H,22,23). The number of imidazole rings is 1. The van der Waals surface area contributed by atoms with E-state index in [1.807, 2.05) is 41.1 Å². The molecule has 1 aliphatic heterocycles. The van der Waals surface area contributed by atoms with Crippen LogP contribution in [0, 0.1) is 0 Å². The monoisotopic (exact) mass is 351 g/mol. The number of rotatable bonds is 6. The van der Waals surface area contributed by atoms with Crippen LogP contribution in [0.5, 0.6) is 0 Å². The zero-order valence-corrected chi connectivity index (χ0v) is 14.4. The van der Waals surface area contributed by atoms with Crippen LogP contribution < -0.4 is 5.32 Å². The van der Waals surface area contributed by atoms with Gasteiger partial charge in [-0.15, -0.1) is 0 Å². The molecule has 2 N–H and O–H groups in total. The summed E-state index contributed by atoms with van der Waals surface area (Å²) in [5.74, 6) is -0.174. The summed E-state index contributed by atoms with van der Waals surface area (Å²) >= 11 is 0. The van der Waals surface area contributed by atoms with E-state index in [0.717, 1.165) is 36.2 Å². The van der Waals surface area contributed by atoms with Crippen LogP contribution in [-0.2, 0) is 24.3 Å². The molecule has 2 aromatic heterocycles. The number of carbonyl (C=O) groups is 1. The Balaban J connectivity index is 1.52. The molecular weight excluding hydrogens is 330 g/mol. The van der Waals surface area contributed by atoms with Gasteiger partial charge in [0.2, 0.25) is 0 Å². The first kappa shape index (κ1) is 16.5. The lowest BCUT2D eigenvalue weighted by Crippen LogP contribution is -2.30. The molecule has 0 radical (unpaired) electrons. The average Bonchev–Trinajstić information content (AvgIpc) is 3.35. The predicted molar refractivity (Wildman–Crippen MR) is 95.4 cm³/mol. The van der Waals surface area contributed by atoms with E-state index in [1.165, 1.54) is 0 Å². The Kier molecular flexibility index (Phi) is 4.79. The number of hydrogen-bond acceptors (Lipinski definition) is 4. The van der Waals surface area contributed by atoms with Crippen molar-refractivity contribution < 1.29 is 9.53 Å². The van der Waals surface area contributed by atoms with Gasteiger partial charge < -0.3 is 14.6 Å². The quantitative estimate of drug-likeness (QED) is 0.713. The van der Waals surface area contributed by atoms with Gasteiger partial charge in [0, 0.05) is 36.6 Å². The normalized spacial score (nSPS) is 14.6. The summed E-state index contributed by atoms with van der Waals surface area (Å²) in [7, 11) is 0.